The van der Waals surface area contributed by atoms with Crippen molar-refractivity contribution in [1.29, 1.82) is 0 Å². The Bertz CT molecular complexity index is 1450. The van der Waals surface area contributed by atoms with Crippen molar-refractivity contribution in [2.75, 3.05) is 11.4 Å². The van der Waals surface area contributed by atoms with E-state index < -0.39 is 11.9 Å². The summed E-state index contributed by atoms with van der Waals surface area (Å²) in [6, 6.07) is 8.64. The lowest BCUT2D eigenvalue weighted by Crippen LogP contribution is -2.36. The number of carbonyl (C=O) groups is 2. The van der Waals surface area contributed by atoms with Crippen LogP contribution in [-0.4, -0.2) is 28.7 Å². The summed E-state index contributed by atoms with van der Waals surface area (Å²) in [5, 5.41) is 20.7. The predicted molar refractivity (Wildman–Crippen MR) is 151 cm³/mol. The molecular weight excluding hydrogens is 504 g/mol. The highest BCUT2D eigenvalue weighted by Crippen LogP contribution is 2.47. The van der Waals surface area contributed by atoms with Crippen LogP contribution < -0.4 is 9.47 Å². The molecule has 1 aliphatic heterocycles. The number of hydrogen-bond acceptors (Lipinski definition) is 5. The number of rotatable bonds is 9. The zero-order valence-electron chi connectivity index (χ0n) is 21.9. The number of thiazole rings is 1. The smallest absolute Gasteiger partial charge is 0.309 e. The number of aliphatic carboxylic acids is 2. The van der Waals surface area contributed by atoms with Gasteiger partial charge in [-0.05, 0) is 86.2 Å². The minimum Gasteiger partial charge on any atom is -0.481 e. The maximum atomic E-state index is 11.4. The molecule has 8 heteroatoms. The van der Waals surface area contributed by atoms with Gasteiger partial charge < -0.3 is 15.1 Å². The molecule has 1 aliphatic rings. The second-order valence-electron chi connectivity index (χ2n) is 9.50. The van der Waals surface area contributed by atoms with Crippen molar-refractivity contribution in [3.8, 4) is 0 Å². The standard InChI is InChI=1S/C29H32N2O4S2/c1-6-21(15-26-30(9-7-28(32)33)22-11-17(2)19(4)13-24(22)36-26)16-27-31(10-8-29(34)35)23-12-18(3)20(5)14-25(23)37-27/h11-16H,6-10H2,1-5H3,(H-,32,33,34,35)/p+1. The van der Waals surface area contributed by atoms with Crippen LogP contribution in [0.2, 0.25) is 0 Å². The van der Waals surface area contributed by atoms with Crippen molar-refractivity contribution in [1.82, 2.24) is 0 Å². The van der Waals surface area contributed by atoms with Crippen LogP contribution in [0.25, 0.3) is 16.3 Å². The second-order valence-corrected chi connectivity index (χ2v) is 11.6. The molecule has 0 fully saturated rings. The number of carboxylic acids is 2. The van der Waals surface area contributed by atoms with Crippen LogP contribution in [0.3, 0.4) is 0 Å². The number of hydrogen-bond donors (Lipinski definition) is 2. The van der Waals surface area contributed by atoms with E-state index in [4.69, 9.17) is 0 Å². The first-order valence-electron chi connectivity index (χ1n) is 12.4. The SMILES string of the molecule is CCC(=C/c1sc2cc(C)c(C)cc2[n+]1CCC(=O)O)/C=C1/Sc2cc(C)c(C)cc2N1CCC(=O)O. The molecular formula is C29H33N2O4S2+. The third-order valence-electron chi connectivity index (χ3n) is 6.82. The highest BCUT2D eigenvalue weighted by molar-refractivity contribution is 8.03. The summed E-state index contributed by atoms with van der Waals surface area (Å²) in [4.78, 5) is 26.0. The summed E-state index contributed by atoms with van der Waals surface area (Å²) >= 11 is 3.35. The maximum absolute atomic E-state index is 11.4. The lowest BCUT2D eigenvalue weighted by atomic mass is 10.1. The monoisotopic (exact) mass is 537 g/mol. The molecule has 0 bridgehead atoms. The number of thioether (sulfide) groups is 1. The fourth-order valence-corrected chi connectivity index (χ4v) is 6.85. The molecule has 6 nitrogen and oxygen atoms in total. The minimum atomic E-state index is -0.816. The van der Waals surface area contributed by atoms with Crippen molar-refractivity contribution in [3.05, 3.63) is 68.2 Å². The molecule has 0 saturated heterocycles. The van der Waals surface area contributed by atoms with E-state index >= 15 is 0 Å². The Balaban J connectivity index is 1.78. The van der Waals surface area contributed by atoms with Gasteiger partial charge in [-0.1, -0.05) is 30.0 Å². The van der Waals surface area contributed by atoms with Crippen LogP contribution in [0.15, 0.2) is 45.8 Å². The average molecular weight is 538 g/mol. The Hall–Kier alpha value is -3.10. The molecule has 2 aromatic carbocycles. The number of aryl methyl sites for hydroxylation is 5. The van der Waals surface area contributed by atoms with Crippen LogP contribution in [0.1, 0.15) is 53.4 Å². The van der Waals surface area contributed by atoms with Crippen molar-refractivity contribution in [2.24, 2.45) is 0 Å². The zero-order valence-corrected chi connectivity index (χ0v) is 23.6. The van der Waals surface area contributed by atoms with E-state index in [0.29, 0.717) is 13.1 Å². The normalized spacial score (nSPS) is 14.6. The molecule has 0 unspecified atom stereocenters. The third-order valence-corrected chi connectivity index (χ3v) is 9.01. The molecule has 2 N–H and O–H groups in total. The molecule has 4 rings (SSSR count). The fraction of sp³-hybridized carbons (Fsp3) is 0.345. The molecule has 37 heavy (non-hydrogen) atoms. The molecule has 0 saturated carbocycles. The number of nitrogens with zero attached hydrogens (tertiary/aromatic N) is 2. The Labute approximate surface area is 225 Å². The summed E-state index contributed by atoms with van der Waals surface area (Å²) in [6.07, 6.45) is 5.20. The lowest BCUT2D eigenvalue weighted by molar-refractivity contribution is -0.667. The number of allylic oxidation sites excluding steroid dienone is 2. The first kappa shape index (κ1) is 26.9. The third kappa shape index (κ3) is 5.91. The highest BCUT2D eigenvalue weighted by Gasteiger charge is 2.27. The molecule has 194 valence electrons. The van der Waals surface area contributed by atoms with E-state index in [1.807, 2.05) is 0 Å². The number of fused-ring (bicyclic) bond motifs is 2. The Morgan fingerprint density at radius 2 is 1.59 bits per heavy atom. The van der Waals surface area contributed by atoms with Gasteiger partial charge in [0.05, 0.1) is 17.1 Å². The lowest BCUT2D eigenvalue weighted by Gasteiger charge is -2.20. The number of benzene rings is 2. The summed E-state index contributed by atoms with van der Waals surface area (Å²) in [6.45, 7) is 11.3. The van der Waals surface area contributed by atoms with E-state index in [0.717, 1.165) is 42.8 Å². The van der Waals surface area contributed by atoms with Crippen LogP contribution >= 0.6 is 23.1 Å². The van der Waals surface area contributed by atoms with Gasteiger partial charge in [0.1, 0.15) is 11.1 Å². The average Bonchev–Trinajstić information content (AvgIpc) is 3.32. The minimum absolute atomic E-state index is 0.0552. The van der Waals surface area contributed by atoms with Gasteiger partial charge in [0.2, 0.25) is 5.52 Å². The quantitative estimate of drug-likeness (QED) is 0.299. The molecule has 1 aromatic heterocycles. The van der Waals surface area contributed by atoms with Crippen molar-refractivity contribution >= 4 is 57.0 Å². The topological polar surface area (TPSA) is 81.7 Å². The van der Waals surface area contributed by atoms with Crippen LogP contribution in [0, 0.1) is 27.7 Å². The van der Waals surface area contributed by atoms with E-state index in [2.05, 4.69) is 80.5 Å². The highest BCUT2D eigenvalue weighted by atomic mass is 32.2. The molecule has 0 aliphatic carbocycles. The largest absolute Gasteiger partial charge is 0.481 e. The van der Waals surface area contributed by atoms with Crippen molar-refractivity contribution in [3.63, 3.8) is 0 Å². The van der Waals surface area contributed by atoms with Gasteiger partial charge in [-0.2, -0.15) is 4.57 Å². The molecule has 0 atom stereocenters. The summed E-state index contributed by atoms with van der Waals surface area (Å²) in [5.41, 5.74) is 8.01. The van der Waals surface area contributed by atoms with Gasteiger partial charge in [0.25, 0.3) is 5.01 Å². The maximum Gasteiger partial charge on any atom is 0.309 e. The fourth-order valence-electron chi connectivity index (χ4n) is 4.36. The Morgan fingerprint density at radius 1 is 0.946 bits per heavy atom. The summed E-state index contributed by atoms with van der Waals surface area (Å²) in [5.74, 6) is -1.63. The molecule has 2 heterocycles. The van der Waals surface area contributed by atoms with Gasteiger partial charge in [0, 0.05) is 23.6 Å². The van der Waals surface area contributed by atoms with Crippen molar-refractivity contribution in [2.45, 2.75) is 65.3 Å². The molecule has 0 amide bonds. The molecule has 3 aromatic rings. The summed E-state index contributed by atoms with van der Waals surface area (Å²) < 4.78 is 3.25. The summed E-state index contributed by atoms with van der Waals surface area (Å²) in [7, 11) is 0. The van der Waals surface area contributed by atoms with Gasteiger partial charge >= 0.3 is 11.9 Å². The van der Waals surface area contributed by atoms with Crippen LogP contribution in [0.5, 0.6) is 0 Å². The van der Waals surface area contributed by atoms with E-state index in [-0.39, 0.29) is 12.8 Å². The first-order chi connectivity index (χ1) is 17.6. The zero-order chi connectivity index (χ0) is 26.9. The number of anilines is 1. The Morgan fingerprint density at radius 3 is 2.27 bits per heavy atom. The Kier molecular flexibility index (Phi) is 8.09. The van der Waals surface area contributed by atoms with Gasteiger partial charge in [0.15, 0.2) is 6.54 Å². The van der Waals surface area contributed by atoms with Gasteiger partial charge in [-0.3, -0.25) is 9.59 Å². The van der Waals surface area contributed by atoms with E-state index in [9.17, 15) is 19.8 Å². The predicted octanol–water partition coefficient (Wildman–Crippen LogP) is 6.62. The molecule has 0 radical (unpaired) electrons. The van der Waals surface area contributed by atoms with E-state index in [1.165, 1.54) is 22.3 Å². The number of aromatic nitrogens is 1. The second kappa shape index (κ2) is 11.1. The van der Waals surface area contributed by atoms with Gasteiger partial charge in [-0.15, -0.1) is 0 Å². The first-order valence-corrected chi connectivity index (χ1v) is 14.1. The van der Waals surface area contributed by atoms with Gasteiger partial charge in [-0.25, -0.2) is 0 Å². The molecule has 0 spiro atoms. The van der Waals surface area contributed by atoms with Crippen LogP contribution in [-0.2, 0) is 16.1 Å². The van der Waals surface area contributed by atoms with E-state index in [1.54, 1.807) is 23.1 Å². The van der Waals surface area contributed by atoms with Crippen LogP contribution in [0.4, 0.5) is 5.69 Å². The van der Waals surface area contributed by atoms with Crippen molar-refractivity contribution < 1.29 is 24.4 Å². The number of carboxylic acid groups (broad SMARTS) is 2.